The van der Waals surface area contributed by atoms with E-state index >= 15 is 0 Å². The van der Waals surface area contributed by atoms with Crippen LogP contribution in [0.15, 0.2) is 4.99 Å². The molecule has 0 atom stereocenters. The topological polar surface area (TPSA) is 48.9 Å². The number of piperidine rings is 1. The SMILES string of the molecule is CCCCOCCCN=C(NCC)NC1CCN(CCC)CC1.I. The largest absolute Gasteiger partial charge is 0.381 e. The molecular formula is C18H39IN4O. The summed E-state index contributed by atoms with van der Waals surface area (Å²) in [6.07, 6.45) is 7.03. The van der Waals surface area contributed by atoms with Gasteiger partial charge in [0, 0.05) is 45.4 Å². The first-order valence-electron chi connectivity index (χ1n) is 9.65. The zero-order chi connectivity index (χ0) is 16.8. The van der Waals surface area contributed by atoms with E-state index in [1.54, 1.807) is 0 Å². The number of aliphatic imine (C=N–C) groups is 1. The summed E-state index contributed by atoms with van der Waals surface area (Å²) in [5.41, 5.74) is 0. The molecule has 1 aliphatic heterocycles. The molecule has 0 aromatic carbocycles. The zero-order valence-corrected chi connectivity index (χ0v) is 18.3. The Bertz CT molecular complexity index is 307. The van der Waals surface area contributed by atoms with Crippen LogP contribution in [0.4, 0.5) is 0 Å². The van der Waals surface area contributed by atoms with Crippen LogP contribution in [0.1, 0.15) is 59.3 Å². The van der Waals surface area contributed by atoms with E-state index in [1.807, 2.05) is 0 Å². The summed E-state index contributed by atoms with van der Waals surface area (Å²) >= 11 is 0. The molecule has 1 saturated heterocycles. The Morgan fingerprint density at radius 2 is 1.79 bits per heavy atom. The predicted octanol–water partition coefficient (Wildman–Crippen LogP) is 3.24. The van der Waals surface area contributed by atoms with Gasteiger partial charge >= 0.3 is 0 Å². The predicted molar refractivity (Wildman–Crippen MR) is 115 cm³/mol. The first-order chi connectivity index (χ1) is 11.3. The molecule has 2 N–H and O–H groups in total. The van der Waals surface area contributed by atoms with Crippen LogP contribution in [0.25, 0.3) is 0 Å². The number of nitrogens with one attached hydrogen (secondary N) is 2. The minimum absolute atomic E-state index is 0. The lowest BCUT2D eigenvalue weighted by atomic mass is 10.1. The van der Waals surface area contributed by atoms with Gasteiger partial charge in [-0.15, -0.1) is 24.0 Å². The lowest BCUT2D eigenvalue weighted by molar-refractivity contribution is 0.130. The van der Waals surface area contributed by atoms with Gasteiger partial charge in [-0.05, 0) is 45.6 Å². The van der Waals surface area contributed by atoms with Gasteiger partial charge in [0.1, 0.15) is 0 Å². The number of nitrogens with zero attached hydrogens (tertiary/aromatic N) is 2. The number of unbranched alkanes of at least 4 members (excludes halogenated alkanes) is 1. The summed E-state index contributed by atoms with van der Waals surface area (Å²) in [6.45, 7) is 13.7. The Labute approximate surface area is 166 Å². The second-order valence-corrected chi connectivity index (χ2v) is 6.34. The fraction of sp³-hybridized carbons (Fsp3) is 0.944. The number of guanidine groups is 1. The maximum Gasteiger partial charge on any atom is 0.191 e. The van der Waals surface area contributed by atoms with Crippen LogP contribution in [0.2, 0.25) is 0 Å². The molecular weight excluding hydrogens is 415 g/mol. The van der Waals surface area contributed by atoms with Crippen molar-refractivity contribution in [3.05, 3.63) is 0 Å². The third-order valence-corrected chi connectivity index (χ3v) is 4.17. The summed E-state index contributed by atoms with van der Waals surface area (Å²) in [5.74, 6) is 0.968. The lowest BCUT2D eigenvalue weighted by Gasteiger charge is -2.32. The highest BCUT2D eigenvalue weighted by Crippen LogP contribution is 2.10. The van der Waals surface area contributed by atoms with Crippen LogP contribution in [-0.4, -0.2) is 62.8 Å². The molecule has 144 valence electrons. The average molecular weight is 454 g/mol. The summed E-state index contributed by atoms with van der Waals surface area (Å²) in [7, 11) is 0. The van der Waals surface area contributed by atoms with Crippen LogP contribution in [-0.2, 0) is 4.74 Å². The van der Waals surface area contributed by atoms with E-state index in [9.17, 15) is 0 Å². The maximum atomic E-state index is 5.58. The average Bonchev–Trinajstić information content (AvgIpc) is 2.56. The van der Waals surface area contributed by atoms with Crippen LogP contribution >= 0.6 is 24.0 Å². The van der Waals surface area contributed by atoms with Crippen molar-refractivity contribution in [3.63, 3.8) is 0 Å². The van der Waals surface area contributed by atoms with Crippen molar-refractivity contribution in [1.82, 2.24) is 15.5 Å². The minimum Gasteiger partial charge on any atom is -0.381 e. The van der Waals surface area contributed by atoms with Gasteiger partial charge in [0.05, 0.1) is 0 Å². The Kier molecular flexibility index (Phi) is 16.3. The van der Waals surface area contributed by atoms with Gasteiger partial charge in [-0.3, -0.25) is 4.99 Å². The third kappa shape index (κ3) is 11.5. The summed E-state index contributed by atoms with van der Waals surface area (Å²) in [5, 5.41) is 6.96. The van der Waals surface area contributed by atoms with Crippen molar-refractivity contribution in [2.75, 3.05) is 45.9 Å². The number of ether oxygens (including phenoxy) is 1. The van der Waals surface area contributed by atoms with Gasteiger partial charge in [0.15, 0.2) is 5.96 Å². The summed E-state index contributed by atoms with van der Waals surface area (Å²) in [4.78, 5) is 7.25. The molecule has 1 rings (SSSR count). The van der Waals surface area contributed by atoms with Crippen molar-refractivity contribution < 1.29 is 4.74 Å². The highest BCUT2D eigenvalue weighted by molar-refractivity contribution is 14.0. The van der Waals surface area contributed by atoms with Crippen LogP contribution in [0, 0.1) is 0 Å². The van der Waals surface area contributed by atoms with Crippen LogP contribution in [0.3, 0.4) is 0 Å². The van der Waals surface area contributed by atoms with E-state index in [0.717, 1.165) is 45.1 Å². The Morgan fingerprint density at radius 1 is 1.08 bits per heavy atom. The van der Waals surface area contributed by atoms with Crippen molar-refractivity contribution in [1.29, 1.82) is 0 Å². The quantitative estimate of drug-likeness (QED) is 0.218. The standard InChI is InChI=1S/C18H38N4O.HI/c1-4-7-15-23-16-8-11-20-18(19-6-3)21-17-9-13-22(12-5-2)14-10-17;/h17H,4-16H2,1-3H3,(H2,19,20,21);1H. The molecule has 0 saturated carbocycles. The van der Waals surface area contributed by atoms with Gasteiger partial charge in [0.25, 0.3) is 0 Å². The number of hydrogen-bond donors (Lipinski definition) is 2. The van der Waals surface area contributed by atoms with Crippen LogP contribution in [0.5, 0.6) is 0 Å². The van der Waals surface area contributed by atoms with Gasteiger partial charge in [-0.1, -0.05) is 20.3 Å². The second kappa shape index (κ2) is 16.4. The number of hydrogen-bond acceptors (Lipinski definition) is 3. The van der Waals surface area contributed by atoms with Crippen LogP contribution < -0.4 is 10.6 Å². The van der Waals surface area contributed by atoms with Gasteiger partial charge in [-0.2, -0.15) is 0 Å². The molecule has 6 heteroatoms. The molecule has 0 amide bonds. The molecule has 1 fully saturated rings. The molecule has 0 bridgehead atoms. The molecule has 1 heterocycles. The number of rotatable bonds is 11. The molecule has 0 aromatic heterocycles. The maximum absolute atomic E-state index is 5.58. The van der Waals surface area contributed by atoms with E-state index < -0.39 is 0 Å². The summed E-state index contributed by atoms with van der Waals surface area (Å²) in [6, 6.07) is 0.557. The molecule has 24 heavy (non-hydrogen) atoms. The molecule has 1 aliphatic rings. The Hall–Kier alpha value is -0.0800. The lowest BCUT2D eigenvalue weighted by Crippen LogP contribution is -2.48. The number of likely N-dealkylation sites (tertiary alicyclic amines) is 1. The molecule has 5 nitrogen and oxygen atoms in total. The first kappa shape index (κ1) is 23.9. The van der Waals surface area contributed by atoms with E-state index in [-0.39, 0.29) is 24.0 Å². The second-order valence-electron chi connectivity index (χ2n) is 6.34. The third-order valence-electron chi connectivity index (χ3n) is 4.17. The van der Waals surface area contributed by atoms with E-state index in [4.69, 9.17) is 4.74 Å². The normalized spacial score (nSPS) is 16.7. The molecule has 0 aromatic rings. The molecule has 0 unspecified atom stereocenters. The molecule has 0 aliphatic carbocycles. The van der Waals surface area contributed by atoms with E-state index in [1.165, 1.54) is 45.3 Å². The van der Waals surface area contributed by atoms with Crippen molar-refractivity contribution in [3.8, 4) is 0 Å². The molecule has 0 radical (unpaired) electrons. The highest BCUT2D eigenvalue weighted by atomic mass is 127. The van der Waals surface area contributed by atoms with E-state index in [0.29, 0.717) is 6.04 Å². The van der Waals surface area contributed by atoms with Gasteiger partial charge in [-0.25, -0.2) is 0 Å². The zero-order valence-electron chi connectivity index (χ0n) is 16.0. The van der Waals surface area contributed by atoms with Crippen molar-refractivity contribution >= 4 is 29.9 Å². The fourth-order valence-electron chi connectivity index (χ4n) is 2.84. The monoisotopic (exact) mass is 454 g/mol. The minimum atomic E-state index is 0. The molecule has 0 spiro atoms. The Morgan fingerprint density at radius 3 is 2.42 bits per heavy atom. The van der Waals surface area contributed by atoms with Crippen molar-refractivity contribution in [2.45, 2.75) is 65.3 Å². The Balaban J connectivity index is 0.00000529. The smallest absolute Gasteiger partial charge is 0.191 e. The van der Waals surface area contributed by atoms with Crippen molar-refractivity contribution in [2.24, 2.45) is 4.99 Å². The fourth-order valence-corrected chi connectivity index (χ4v) is 2.84. The highest BCUT2D eigenvalue weighted by Gasteiger charge is 2.19. The van der Waals surface area contributed by atoms with Gasteiger partial charge < -0.3 is 20.3 Å². The number of halogens is 1. The first-order valence-corrected chi connectivity index (χ1v) is 9.65. The van der Waals surface area contributed by atoms with Gasteiger partial charge in [0.2, 0.25) is 0 Å². The van der Waals surface area contributed by atoms with E-state index in [2.05, 4.69) is 41.3 Å². The summed E-state index contributed by atoms with van der Waals surface area (Å²) < 4.78 is 5.58.